The summed E-state index contributed by atoms with van der Waals surface area (Å²) in [5.74, 6) is -1.41. The maximum absolute atomic E-state index is 12.8. The average molecular weight is 318 g/mol. The zero-order valence-corrected chi connectivity index (χ0v) is 12.3. The van der Waals surface area contributed by atoms with Crippen LogP contribution in [-0.2, 0) is 9.59 Å². The Hall–Kier alpha value is -1.82. The van der Waals surface area contributed by atoms with Gasteiger partial charge in [-0.25, -0.2) is 4.39 Å². The number of ether oxygens (including phenoxy) is 1. The van der Waals surface area contributed by atoms with Crippen LogP contribution >= 0.6 is 11.6 Å². The molecule has 0 saturated heterocycles. The summed E-state index contributed by atoms with van der Waals surface area (Å²) in [5, 5.41) is 11.3. The smallest absolute Gasteiger partial charge is 0.303 e. The van der Waals surface area contributed by atoms with Gasteiger partial charge >= 0.3 is 5.97 Å². The van der Waals surface area contributed by atoms with Gasteiger partial charge in [0.05, 0.1) is 5.02 Å². The molecule has 0 radical (unpaired) electrons. The van der Waals surface area contributed by atoms with Crippen LogP contribution in [0.1, 0.15) is 19.8 Å². The van der Waals surface area contributed by atoms with Crippen LogP contribution in [0.4, 0.5) is 4.39 Å². The summed E-state index contributed by atoms with van der Waals surface area (Å²) in [6.45, 7) is 1.98. The van der Waals surface area contributed by atoms with Crippen molar-refractivity contribution in [1.82, 2.24) is 5.32 Å². The molecule has 0 aliphatic rings. The quantitative estimate of drug-likeness (QED) is 0.772. The lowest BCUT2D eigenvalue weighted by Crippen LogP contribution is -2.32. The topological polar surface area (TPSA) is 75.6 Å². The number of aliphatic carboxylic acids is 1. The summed E-state index contributed by atoms with van der Waals surface area (Å²) in [5.41, 5.74) is 0. The van der Waals surface area contributed by atoms with Crippen molar-refractivity contribution in [3.8, 4) is 5.75 Å². The van der Waals surface area contributed by atoms with E-state index in [1.54, 1.807) is 0 Å². The zero-order valence-electron chi connectivity index (χ0n) is 11.6. The van der Waals surface area contributed by atoms with Crippen LogP contribution in [0, 0.1) is 11.7 Å². The Labute approximate surface area is 127 Å². The summed E-state index contributed by atoms with van der Waals surface area (Å²) in [7, 11) is 0. The fraction of sp³-hybridized carbons (Fsp3) is 0.429. The molecule has 2 N–H and O–H groups in total. The third-order valence-corrected chi connectivity index (χ3v) is 3.05. The van der Waals surface area contributed by atoms with E-state index in [-0.39, 0.29) is 35.6 Å². The number of carboxylic acid groups (broad SMARTS) is 1. The molecule has 0 aliphatic heterocycles. The number of nitrogens with one attached hydrogen (secondary N) is 1. The lowest BCUT2D eigenvalue weighted by Gasteiger charge is -2.12. The monoisotopic (exact) mass is 317 g/mol. The van der Waals surface area contributed by atoms with Gasteiger partial charge in [-0.15, -0.1) is 0 Å². The minimum Gasteiger partial charge on any atom is -0.482 e. The van der Waals surface area contributed by atoms with Gasteiger partial charge in [-0.3, -0.25) is 9.59 Å². The molecule has 0 heterocycles. The normalized spacial score (nSPS) is 11.8. The fourth-order valence-electron chi connectivity index (χ4n) is 1.55. The molecule has 0 saturated carbocycles. The van der Waals surface area contributed by atoms with Gasteiger partial charge in [0.25, 0.3) is 5.91 Å². The van der Waals surface area contributed by atoms with E-state index >= 15 is 0 Å². The van der Waals surface area contributed by atoms with Crippen LogP contribution in [0.5, 0.6) is 5.75 Å². The molecule has 0 fully saturated rings. The summed E-state index contributed by atoms with van der Waals surface area (Å²) in [4.78, 5) is 22.0. The number of halogens is 2. The van der Waals surface area contributed by atoms with Gasteiger partial charge < -0.3 is 15.2 Å². The zero-order chi connectivity index (χ0) is 15.8. The molecule has 0 bridgehead atoms. The molecule has 0 aliphatic carbocycles. The third kappa shape index (κ3) is 6.94. The molecule has 0 aromatic heterocycles. The summed E-state index contributed by atoms with van der Waals surface area (Å²) in [6.07, 6.45) is 0.555. The number of carbonyl (C=O) groups excluding carboxylic acids is 1. The molecule has 1 atom stereocenters. The highest BCUT2D eigenvalue weighted by molar-refractivity contribution is 6.32. The van der Waals surface area contributed by atoms with E-state index in [0.717, 1.165) is 6.07 Å². The largest absolute Gasteiger partial charge is 0.482 e. The Morgan fingerprint density at radius 2 is 2.19 bits per heavy atom. The van der Waals surface area contributed by atoms with E-state index in [0.29, 0.717) is 13.0 Å². The predicted molar refractivity (Wildman–Crippen MR) is 75.9 cm³/mol. The number of hydrogen-bond acceptors (Lipinski definition) is 3. The van der Waals surface area contributed by atoms with Crippen molar-refractivity contribution in [2.24, 2.45) is 5.92 Å². The average Bonchev–Trinajstić information content (AvgIpc) is 2.41. The van der Waals surface area contributed by atoms with E-state index in [2.05, 4.69) is 5.32 Å². The van der Waals surface area contributed by atoms with Gasteiger partial charge in [0.1, 0.15) is 11.6 Å². The molecule has 1 aromatic rings. The highest BCUT2D eigenvalue weighted by atomic mass is 35.5. The number of hydrogen-bond donors (Lipinski definition) is 2. The summed E-state index contributed by atoms with van der Waals surface area (Å²) >= 11 is 5.76. The lowest BCUT2D eigenvalue weighted by atomic mass is 10.1. The molecule has 116 valence electrons. The van der Waals surface area contributed by atoms with Gasteiger partial charge in [0, 0.05) is 13.0 Å². The van der Waals surface area contributed by atoms with Gasteiger partial charge in [-0.1, -0.05) is 18.5 Å². The molecule has 1 amide bonds. The number of rotatable bonds is 8. The number of carbonyl (C=O) groups is 2. The van der Waals surface area contributed by atoms with Crippen LogP contribution in [0.15, 0.2) is 18.2 Å². The second-order valence-corrected chi connectivity index (χ2v) is 5.11. The van der Waals surface area contributed by atoms with Crippen molar-refractivity contribution in [3.63, 3.8) is 0 Å². The van der Waals surface area contributed by atoms with E-state index < -0.39 is 11.8 Å². The van der Waals surface area contributed by atoms with Crippen LogP contribution in [0.25, 0.3) is 0 Å². The molecular formula is C14H17ClFNO4. The SMILES string of the molecule is CC(CCC(=O)O)CNC(=O)COc1ccc(F)cc1Cl. The Morgan fingerprint density at radius 1 is 1.48 bits per heavy atom. The predicted octanol–water partition coefficient (Wildman–Crippen LogP) is 2.47. The minimum atomic E-state index is -0.859. The second-order valence-electron chi connectivity index (χ2n) is 4.71. The van der Waals surface area contributed by atoms with Gasteiger partial charge in [0.15, 0.2) is 6.61 Å². The highest BCUT2D eigenvalue weighted by Gasteiger charge is 2.09. The first-order chi connectivity index (χ1) is 9.88. The Kier molecular flexibility index (Phi) is 6.94. The minimum absolute atomic E-state index is 0.0551. The highest BCUT2D eigenvalue weighted by Crippen LogP contribution is 2.24. The first-order valence-corrected chi connectivity index (χ1v) is 6.82. The maximum Gasteiger partial charge on any atom is 0.303 e. The van der Waals surface area contributed by atoms with E-state index in [1.807, 2.05) is 6.92 Å². The summed E-state index contributed by atoms with van der Waals surface area (Å²) < 4.78 is 18.0. The van der Waals surface area contributed by atoms with Crippen molar-refractivity contribution >= 4 is 23.5 Å². The molecular weight excluding hydrogens is 301 g/mol. The van der Waals surface area contributed by atoms with Crippen LogP contribution in [0.3, 0.4) is 0 Å². The molecule has 1 aromatic carbocycles. The standard InChI is InChI=1S/C14H17ClFNO4/c1-9(2-5-14(19)20)7-17-13(18)8-21-12-4-3-10(16)6-11(12)15/h3-4,6,9H,2,5,7-8H2,1H3,(H,17,18)(H,19,20). The van der Waals surface area contributed by atoms with Crippen molar-refractivity contribution in [1.29, 1.82) is 0 Å². The van der Waals surface area contributed by atoms with Crippen LogP contribution in [0.2, 0.25) is 5.02 Å². The Morgan fingerprint density at radius 3 is 2.81 bits per heavy atom. The lowest BCUT2D eigenvalue weighted by molar-refractivity contribution is -0.137. The van der Waals surface area contributed by atoms with Crippen molar-refractivity contribution in [2.45, 2.75) is 19.8 Å². The molecule has 0 spiro atoms. The van der Waals surface area contributed by atoms with E-state index in [1.165, 1.54) is 12.1 Å². The third-order valence-electron chi connectivity index (χ3n) is 2.75. The number of benzene rings is 1. The molecule has 7 heteroatoms. The van der Waals surface area contributed by atoms with E-state index in [9.17, 15) is 14.0 Å². The van der Waals surface area contributed by atoms with Gasteiger partial charge in [-0.2, -0.15) is 0 Å². The van der Waals surface area contributed by atoms with Crippen molar-refractivity contribution in [3.05, 3.63) is 29.0 Å². The van der Waals surface area contributed by atoms with Gasteiger partial charge in [-0.05, 0) is 30.5 Å². The molecule has 1 unspecified atom stereocenters. The maximum atomic E-state index is 12.8. The fourth-order valence-corrected chi connectivity index (χ4v) is 1.77. The number of carboxylic acids is 1. The molecule has 5 nitrogen and oxygen atoms in total. The Bertz CT molecular complexity index is 510. The molecule has 1 rings (SSSR count). The molecule has 21 heavy (non-hydrogen) atoms. The van der Waals surface area contributed by atoms with Gasteiger partial charge in [0.2, 0.25) is 0 Å². The first-order valence-electron chi connectivity index (χ1n) is 6.45. The second kappa shape index (κ2) is 8.46. The van der Waals surface area contributed by atoms with Crippen molar-refractivity contribution in [2.75, 3.05) is 13.2 Å². The number of amides is 1. The summed E-state index contributed by atoms with van der Waals surface area (Å²) in [6, 6.07) is 3.64. The first kappa shape index (κ1) is 17.2. The van der Waals surface area contributed by atoms with E-state index in [4.69, 9.17) is 21.4 Å². The van der Waals surface area contributed by atoms with Crippen LogP contribution < -0.4 is 10.1 Å². The van der Waals surface area contributed by atoms with Crippen LogP contribution in [-0.4, -0.2) is 30.1 Å². The Balaban J connectivity index is 2.29. The van der Waals surface area contributed by atoms with Crippen molar-refractivity contribution < 1.29 is 23.8 Å².